The van der Waals surface area contributed by atoms with E-state index in [2.05, 4.69) is 10.1 Å². The number of nitrogens with two attached hydrogens (primary N) is 1. The average Bonchev–Trinajstić information content (AvgIpc) is 2.89. The first-order valence-corrected chi connectivity index (χ1v) is 6.40. The molecule has 106 valence electrons. The summed E-state index contributed by atoms with van der Waals surface area (Å²) in [4.78, 5) is 3.79. The number of aromatic nitrogens is 3. The van der Waals surface area contributed by atoms with Crippen LogP contribution in [-0.2, 0) is 0 Å². The molecule has 3 aromatic rings. The molecule has 0 radical (unpaired) electrons. The smallest absolute Gasteiger partial charge is 0.255 e. The molecule has 0 aliphatic heterocycles. The standard InChI is InChI=1S/C14H10ClFN4O/c15-9-7-12(16)14(18-8-9)21-11-3-1-10(2-4-11)20-6-5-13(17)19-20/h1-8H,(H2,17,19). The summed E-state index contributed by atoms with van der Waals surface area (Å²) >= 11 is 5.63. The summed E-state index contributed by atoms with van der Waals surface area (Å²) in [5.74, 6) is 0.136. The SMILES string of the molecule is Nc1ccn(-c2ccc(Oc3ncc(Cl)cc3F)cc2)n1. The monoisotopic (exact) mass is 304 g/mol. The minimum Gasteiger partial charge on any atom is -0.436 e. The van der Waals surface area contributed by atoms with Crippen LogP contribution >= 0.6 is 11.6 Å². The largest absolute Gasteiger partial charge is 0.436 e. The lowest BCUT2D eigenvalue weighted by Gasteiger charge is -2.07. The van der Waals surface area contributed by atoms with Crippen LogP contribution in [0.5, 0.6) is 11.6 Å². The second kappa shape index (κ2) is 5.41. The van der Waals surface area contributed by atoms with E-state index in [-0.39, 0.29) is 10.9 Å². The van der Waals surface area contributed by atoms with Gasteiger partial charge in [0.25, 0.3) is 5.88 Å². The van der Waals surface area contributed by atoms with Gasteiger partial charge in [-0.1, -0.05) is 11.6 Å². The molecule has 0 unspecified atom stereocenters. The first kappa shape index (κ1) is 13.4. The minimum atomic E-state index is -0.619. The van der Waals surface area contributed by atoms with E-state index in [9.17, 15) is 4.39 Å². The first-order chi connectivity index (χ1) is 10.1. The highest BCUT2D eigenvalue weighted by molar-refractivity contribution is 6.30. The van der Waals surface area contributed by atoms with Crippen molar-refractivity contribution in [2.75, 3.05) is 5.73 Å². The molecule has 0 amide bonds. The molecule has 1 aromatic carbocycles. The highest BCUT2D eigenvalue weighted by atomic mass is 35.5. The topological polar surface area (TPSA) is 66.0 Å². The van der Waals surface area contributed by atoms with E-state index >= 15 is 0 Å². The Morgan fingerprint density at radius 1 is 1.19 bits per heavy atom. The third-order valence-electron chi connectivity index (χ3n) is 2.70. The molecule has 0 saturated carbocycles. The van der Waals surface area contributed by atoms with Crippen LogP contribution in [0.2, 0.25) is 5.02 Å². The summed E-state index contributed by atoms with van der Waals surface area (Å²) < 4.78 is 20.6. The fraction of sp³-hybridized carbons (Fsp3) is 0. The lowest BCUT2D eigenvalue weighted by Crippen LogP contribution is -1.96. The number of benzene rings is 1. The van der Waals surface area contributed by atoms with Gasteiger partial charge in [-0.05, 0) is 30.3 Å². The molecule has 2 heterocycles. The maximum Gasteiger partial charge on any atom is 0.255 e. The van der Waals surface area contributed by atoms with Gasteiger partial charge in [0.1, 0.15) is 11.6 Å². The van der Waals surface area contributed by atoms with Gasteiger partial charge in [0.05, 0.1) is 10.7 Å². The van der Waals surface area contributed by atoms with Crippen molar-refractivity contribution in [1.82, 2.24) is 14.8 Å². The van der Waals surface area contributed by atoms with Crippen LogP contribution in [0.1, 0.15) is 0 Å². The lowest BCUT2D eigenvalue weighted by molar-refractivity contribution is 0.423. The Hall–Kier alpha value is -2.60. The molecule has 2 N–H and O–H groups in total. The molecule has 0 spiro atoms. The van der Waals surface area contributed by atoms with Gasteiger partial charge in [0.2, 0.25) is 0 Å². The third-order valence-corrected chi connectivity index (χ3v) is 2.91. The number of pyridine rings is 1. The van der Waals surface area contributed by atoms with Crippen molar-refractivity contribution < 1.29 is 9.13 Å². The maximum atomic E-state index is 13.6. The molecular formula is C14H10ClFN4O. The molecule has 0 atom stereocenters. The summed E-state index contributed by atoms with van der Waals surface area (Å²) in [7, 11) is 0. The molecule has 3 rings (SSSR count). The van der Waals surface area contributed by atoms with Crippen molar-refractivity contribution in [2.24, 2.45) is 0 Å². The second-order valence-corrected chi connectivity index (χ2v) is 4.66. The number of hydrogen-bond donors (Lipinski definition) is 1. The summed E-state index contributed by atoms with van der Waals surface area (Å²) in [6.07, 6.45) is 3.06. The zero-order chi connectivity index (χ0) is 14.8. The van der Waals surface area contributed by atoms with Crippen LogP contribution in [-0.4, -0.2) is 14.8 Å². The van der Waals surface area contributed by atoms with Crippen LogP contribution < -0.4 is 10.5 Å². The Morgan fingerprint density at radius 3 is 2.57 bits per heavy atom. The molecule has 0 aliphatic carbocycles. The van der Waals surface area contributed by atoms with Gasteiger partial charge in [-0.25, -0.2) is 14.1 Å². The summed E-state index contributed by atoms with van der Waals surface area (Å²) in [6.45, 7) is 0. The van der Waals surface area contributed by atoms with Crippen molar-refractivity contribution in [3.8, 4) is 17.3 Å². The predicted molar refractivity (Wildman–Crippen MR) is 77.3 cm³/mol. The van der Waals surface area contributed by atoms with Gasteiger partial charge < -0.3 is 10.5 Å². The van der Waals surface area contributed by atoms with E-state index in [4.69, 9.17) is 22.1 Å². The predicted octanol–water partition coefficient (Wildman–Crippen LogP) is 3.43. The fourth-order valence-corrected chi connectivity index (χ4v) is 1.88. The summed E-state index contributed by atoms with van der Waals surface area (Å²) in [5.41, 5.74) is 6.37. The van der Waals surface area contributed by atoms with Gasteiger partial charge in [-0.2, -0.15) is 5.10 Å². The number of nitrogens with zero attached hydrogens (tertiary/aromatic N) is 3. The van der Waals surface area contributed by atoms with Crippen LogP contribution in [0.3, 0.4) is 0 Å². The molecule has 0 saturated heterocycles. The van der Waals surface area contributed by atoms with Crippen molar-refractivity contribution in [3.63, 3.8) is 0 Å². The average molecular weight is 305 g/mol. The number of halogens is 2. The molecule has 0 bridgehead atoms. The van der Waals surface area contributed by atoms with Gasteiger partial charge >= 0.3 is 0 Å². The lowest BCUT2D eigenvalue weighted by atomic mass is 10.3. The van der Waals surface area contributed by atoms with Crippen LogP contribution in [0.4, 0.5) is 10.2 Å². The molecule has 5 nitrogen and oxygen atoms in total. The molecule has 0 fully saturated rings. The molecule has 7 heteroatoms. The Morgan fingerprint density at radius 2 is 1.95 bits per heavy atom. The van der Waals surface area contributed by atoms with Crippen LogP contribution in [0.25, 0.3) is 5.69 Å². The number of anilines is 1. The van der Waals surface area contributed by atoms with Gasteiger partial charge in [0, 0.05) is 18.5 Å². The number of ether oxygens (including phenoxy) is 1. The van der Waals surface area contributed by atoms with Crippen molar-refractivity contribution >= 4 is 17.4 Å². The van der Waals surface area contributed by atoms with E-state index in [1.807, 2.05) is 0 Å². The zero-order valence-electron chi connectivity index (χ0n) is 10.7. The Kier molecular flexibility index (Phi) is 3.45. The third kappa shape index (κ3) is 2.95. The van der Waals surface area contributed by atoms with Gasteiger partial charge in [-0.3, -0.25) is 0 Å². The first-order valence-electron chi connectivity index (χ1n) is 6.02. The quantitative estimate of drug-likeness (QED) is 0.805. The van der Waals surface area contributed by atoms with Crippen LogP contribution in [0.15, 0.2) is 48.8 Å². The molecule has 2 aromatic heterocycles. The number of rotatable bonds is 3. The number of nitrogen functional groups attached to an aromatic ring is 1. The second-order valence-electron chi connectivity index (χ2n) is 4.22. The fourth-order valence-electron chi connectivity index (χ4n) is 1.74. The van der Waals surface area contributed by atoms with E-state index in [1.54, 1.807) is 41.2 Å². The highest BCUT2D eigenvalue weighted by Gasteiger charge is 2.07. The van der Waals surface area contributed by atoms with Crippen LogP contribution in [0, 0.1) is 5.82 Å². The van der Waals surface area contributed by atoms with E-state index in [1.165, 1.54) is 6.20 Å². The van der Waals surface area contributed by atoms with Crippen molar-refractivity contribution in [3.05, 3.63) is 59.6 Å². The zero-order valence-corrected chi connectivity index (χ0v) is 11.5. The Labute approximate surface area is 124 Å². The minimum absolute atomic E-state index is 0.129. The number of hydrogen-bond acceptors (Lipinski definition) is 4. The Balaban J connectivity index is 1.81. The van der Waals surface area contributed by atoms with Gasteiger partial charge in [0.15, 0.2) is 5.82 Å². The molecular weight excluding hydrogens is 295 g/mol. The van der Waals surface area contributed by atoms with E-state index < -0.39 is 5.82 Å². The van der Waals surface area contributed by atoms with E-state index in [0.717, 1.165) is 11.8 Å². The van der Waals surface area contributed by atoms with Gasteiger partial charge in [-0.15, -0.1) is 0 Å². The summed E-state index contributed by atoms with van der Waals surface area (Å²) in [6, 6.07) is 9.75. The van der Waals surface area contributed by atoms with Crippen molar-refractivity contribution in [1.29, 1.82) is 0 Å². The normalized spacial score (nSPS) is 10.6. The molecule has 21 heavy (non-hydrogen) atoms. The maximum absolute atomic E-state index is 13.6. The Bertz CT molecular complexity index is 773. The highest BCUT2D eigenvalue weighted by Crippen LogP contribution is 2.24. The summed E-state index contributed by atoms with van der Waals surface area (Å²) in [5, 5.41) is 4.30. The molecule has 0 aliphatic rings. The van der Waals surface area contributed by atoms with E-state index in [0.29, 0.717) is 11.6 Å². The van der Waals surface area contributed by atoms with Crippen molar-refractivity contribution in [2.45, 2.75) is 0 Å².